The third-order valence-corrected chi connectivity index (χ3v) is 5.28. The van der Waals surface area contributed by atoms with E-state index >= 15 is 0 Å². The van der Waals surface area contributed by atoms with Crippen molar-refractivity contribution >= 4 is 27.1 Å². The number of nitrogens with two attached hydrogens (primary N) is 1. The molecule has 2 rings (SSSR count). The Labute approximate surface area is 123 Å². The fourth-order valence-corrected chi connectivity index (χ4v) is 4.27. The Morgan fingerprint density at radius 3 is 2.62 bits per heavy atom. The largest absolute Gasteiger partial charge is 0.397 e. The van der Waals surface area contributed by atoms with E-state index in [0.717, 1.165) is 37.8 Å². The van der Waals surface area contributed by atoms with Crippen LogP contribution in [0.2, 0.25) is 0 Å². The maximum atomic E-state index is 12.9. The average molecular weight is 314 g/mol. The van der Waals surface area contributed by atoms with Crippen molar-refractivity contribution in [1.82, 2.24) is 0 Å². The molecule has 0 unspecified atom stereocenters. The van der Waals surface area contributed by atoms with Crippen molar-refractivity contribution in [2.24, 2.45) is 5.92 Å². The summed E-state index contributed by atoms with van der Waals surface area (Å²) in [5, 5.41) is 2.41. The molecule has 0 bridgehead atoms. The third-order valence-electron chi connectivity index (χ3n) is 3.60. The number of carbonyl (C=O) groups is 1. The molecule has 1 saturated carbocycles. The van der Waals surface area contributed by atoms with Gasteiger partial charge in [0.15, 0.2) is 9.84 Å². The molecule has 7 heteroatoms. The average Bonchev–Trinajstić information content (AvgIpc) is 2.84. The highest BCUT2D eigenvalue weighted by Gasteiger charge is 2.24. The van der Waals surface area contributed by atoms with E-state index in [1.165, 1.54) is 6.07 Å². The number of carbonyl (C=O) groups excluding carboxylic acids is 1. The van der Waals surface area contributed by atoms with E-state index < -0.39 is 27.3 Å². The number of benzene rings is 1. The smallest absolute Gasteiger partial charge is 0.239 e. The number of nitrogen functional groups attached to an aromatic ring is 1. The minimum Gasteiger partial charge on any atom is -0.397 e. The summed E-state index contributed by atoms with van der Waals surface area (Å²) in [5.74, 6) is -1.51. The molecule has 1 fully saturated rings. The second-order valence-electron chi connectivity index (χ2n) is 5.48. The Bertz CT molecular complexity index is 625. The van der Waals surface area contributed by atoms with E-state index in [-0.39, 0.29) is 23.0 Å². The molecular formula is C14H19FN2O3S. The third kappa shape index (κ3) is 4.70. The highest BCUT2D eigenvalue weighted by atomic mass is 32.2. The van der Waals surface area contributed by atoms with E-state index in [2.05, 4.69) is 5.32 Å². The molecule has 1 aromatic carbocycles. The first-order valence-electron chi connectivity index (χ1n) is 6.91. The van der Waals surface area contributed by atoms with Crippen molar-refractivity contribution in [3.63, 3.8) is 0 Å². The summed E-state index contributed by atoms with van der Waals surface area (Å²) >= 11 is 0. The number of hydrogen-bond acceptors (Lipinski definition) is 4. The Kier molecular flexibility index (Phi) is 4.82. The normalized spacial score (nSPS) is 16.0. The van der Waals surface area contributed by atoms with Crippen LogP contribution in [0.5, 0.6) is 0 Å². The maximum absolute atomic E-state index is 12.9. The molecule has 21 heavy (non-hydrogen) atoms. The molecule has 0 spiro atoms. The van der Waals surface area contributed by atoms with Gasteiger partial charge in [-0.3, -0.25) is 4.79 Å². The van der Waals surface area contributed by atoms with Gasteiger partial charge in [0.25, 0.3) is 0 Å². The maximum Gasteiger partial charge on any atom is 0.239 e. The molecule has 0 saturated heterocycles. The van der Waals surface area contributed by atoms with Crippen LogP contribution in [0.3, 0.4) is 0 Å². The van der Waals surface area contributed by atoms with Crippen molar-refractivity contribution < 1.29 is 17.6 Å². The SMILES string of the molecule is Nc1cc(F)ccc1NC(=O)CS(=O)(=O)CC1CCCC1. The van der Waals surface area contributed by atoms with Gasteiger partial charge in [-0.05, 0) is 37.0 Å². The van der Waals surface area contributed by atoms with Crippen LogP contribution >= 0.6 is 0 Å². The Morgan fingerprint density at radius 2 is 2.00 bits per heavy atom. The van der Waals surface area contributed by atoms with Crippen molar-refractivity contribution in [2.45, 2.75) is 25.7 Å². The van der Waals surface area contributed by atoms with E-state index in [1.54, 1.807) is 0 Å². The molecule has 0 aromatic heterocycles. The van der Waals surface area contributed by atoms with Gasteiger partial charge in [-0.2, -0.15) is 0 Å². The summed E-state index contributed by atoms with van der Waals surface area (Å²) in [5.41, 5.74) is 5.85. The van der Waals surface area contributed by atoms with Crippen LogP contribution in [0, 0.1) is 11.7 Å². The summed E-state index contributed by atoms with van der Waals surface area (Å²) in [7, 11) is -3.43. The monoisotopic (exact) mass is 314 g/mol. The number of amides is 1. The minimum atomic E-state index is -3.43. The van der Waals surface area contributed by atoms with Crippen LogP contribution in [0.4, 0.5) is 15.8 Å². The Morgan fingerprint density at radius 1 is 1.33 bits per heavy atom. The molecule has 0 aliphatic heterocycles. The number of halogens is 1. The molecule has 1 aliphatic carbocycles. The van der Waals surface area contributed by atoms with Crippen LogP contribution < -0.4 is 11.1 Å². The predicted octanol–water partition coefficient (Wildman–Crippen LogP) is 1.95. The van der Waals surface area contributed by atoms with Crippen LogP contribution in [-0.2, 0) is 14.6 Å². The quantitative estimate of drug-likeness (QED) is 0.813. The fourth-order valence-electron chi connectivity index (χ4n) is 2.63. The van der Waals surface area contributed by atoms with Crippen LogP contribution in [-0.4, -0.2) is 25.8 Å². The molecule has 1 aliphatic rings. The van der Waals surface area contributed by atoms with Crippen molar-refractivity contribution in [1.29, 1.82) is 0 Å². The zero-order chi connectivity index (χ0) is 15.5. The fraction of sp³-hybridized carbons (Fsp3) is 0.500. The van der Waals surface area contributed by atoms with E-state index in [4.69, 9.17) is 5.73 Å². The highest BCUT2D eigenvalue weighted by molar-refractivity contribution is 7.92. The van der Waals surface area contributed by atoms with Gasteiger partial charge in [0, 0.05) is 0 Å². The number of hydrogen-bond donors (Lipinski definition) is 2. The van der Waals surface area contributed by atoms with Gasteiger partial charge >= 0.3 is 0 Å². The Hall–Kier alpha value is -1.63. The summed E-state index contributed by atoms with van der Waals surface area (Å²) < 4.78 is 36.8. The van der Waals surface area contributed by atoms with Crippen molar-refractivity contribution in [3.05, 3.63) is 24.0 Å². The molecule has 0 atom stereocenters. The minimum absolute atomic E-state index is 0.0549. The summed E-state index contributed by atoms with van der Waals surface area (Å²) in [6.07, 6.45) is 3.93. The molecule has 0 radical (unpaired) electrons. The number of sulfone groups is 1. The lowest BCUT2D eigenvalue weighted by atomic mass is 10.1. The van der Waals surface area contributed by atoms with Gasteiger partial charge in [-0.1, -0.05) is 12.8 Å². The van der Waals surface area contributed by atoms with Gasteiger partial charge in [-0.25, -0.2) is 12.8 Å². The molecule has 3 N–H and O–H groups in total. The van der Waals surface area contributed by atoms with Gasteiger partial charge in [0.05, 0.1) is 17.1 Å². The summed E-state index contributed by atoms with van der Waals surface area (Å²) in [6.45, 7) is 0. The second kappa shape index (κ2) is 6.43. The molecule has 0 heterocycles. The summed E-state index contributed by atoms with van der Waals surface area (Å²) in [4.78, 5) is 11.8. The van der Waals surface area contributed by atoms with E-state index in [1.807, 2.05) is 0 Å². The predicted molar refractivity (Wildman–Crippen MR) is 80.1 cm³/mol. The first kappa shape index (κ1) is 15.8. The van der Waals surface area contributed by atoms with Gasteiger partial charge in [0.1, 0.15) is 11.6 Å². The van der Waals surface area contributed by atoms with Crippen LogP contribution in [0.15, 0.2) is 18.2 Å². The second-order valence-corrected chi connectivity index (χ2v) is 7.59. The van der Waals surface area contributed by atoms with Crippen LogP contribution in [0.25, 0.3) is 0 Å². The van der Waals surface area contributed by atoms with Gasteiger partial charge in [-0.15, -0.1) is 0 Å². The van der Waals surface area contributed by atoms with Gasteiger partial charge in [0.2, 0.25) is 5.91 Å². The van der Waals surface area contributed by atoms with Gasteiger partial charge < -0.3 is 11.1 Å². The lowest BCUT2D eigenvalue weighted by Crippen LogP contribution is -2.27. The lowest BCUT2D eigenvalue weighted by Gasteiger charge is -2.11. The molecule has 1 aromatic rings. The molecule has 1 amide bonds. The number of nitrogens with one attached hydrogen (secondary N) is 1. The highest BCUT2D eigenvalue weighted by Crippen LogP contribution is 2.26. The summed E-state index contributed by atoms with van der Waals surface area (Å²) in [6, 6.07) is 3.54. The van der Waals surface area contributed by atoms with Crippen LogP contribution in [0.1, 0.15) is 25.7 Å². The topological polar surface area (TPSA) is 89.3 Å². The van der Waals surface area contributed by atoms with E-state index in [9.17, 15) is 17.6 Å². The first-order valence-corrected chi connectivity index (χ1v) is 8.73. The van der Waals surface area contributed by atoms with E-state index in [0.29, 0.717) is 0 Å². The molecule has 116 valence electrons. The first-order chi connectivity index (χ1) is 9.85. The molecule has 5 nitrogen and oxygen atoms in total. The number of rotatable bonds is 5. The lowest BCUT2D eigenvalue weighted by molar-refractivity contribution is -0.113. The van der Waals surface area contributed by atoms with Crippen molar-refractivity contribution in [2.75, 3.05) is 22.6 Å². The Balaban J connectivity index is 1.94. The van der Waals surface area contributed by atoms with Crippen molar-refractivity contribution in [3.8, 4) is 0 Å². The zero-order valence-corrected chi connectivity index (χ0v) is 12.5. The standard InChI is InChI=1S/C14H19FN2O3S/c15-11-5-6-13(12(16)7-11)17-14(18)9-21(19,20)8-10-3-1-2-4-10/h5-7,10H,1-4,8-9,16H2,(H,17,18). The molecular weight excluding hydrogens is 295 g/mol. The number of anilines is 2. The zero-order valence-electron chi connectivity index (χ0n) is 11.6.